The summed E-state index contributed by atoms with van der Waals surface area (Å²) in [6, 6.07) is 8.33. The second-order valence-corrected chi connectivity index (χ2v) is 4.49. The van der Waals surface area contributed by atoms with Crippen molar-refractivity contribution in [3.63, 3.8) is 0 Å². The fourth-order valence-corrected chi connectivity index (χ4v) is 2.07. The van der Waals surface area contributed by atoms with Crippen LogP contribution in [-0.4, -0.2) is 4.92 Å². The van der Waals surface area contributed by atoms with Gasteiger partial charge >= 0.3 is 0 Å². The fraction of sp³-hybridized carbons (Fsp3) is 0.200. The van der Waals surface area contributed by atoms with Crippen molar-refractivity contribution < 1.29 is 13.7 Å². The predicted molar refractivity (Wildman–Crippen MR) is 72.4 cm³/mol. The molecule has 0 bridgehead atoms. The van der Waals surface area contributed by atoms with Gasteiger partial charge in [-0.3, -0.25) is 10.1 Å². The highest BCUT2D eigenvalue weighted by molar-refractivity contribution is 5.66. The van der Waals surface area contributed by atoms with Crippen LogP contribution in [0.5, 0.6) is 0 Å². The summed E-state index contributed by atoms with van der Waals surface area (Å²) in [4.78, 5) is 9.72. The lowest BCUT2D eigenvalue weighted by Gasteiger charge is -2.06. The van der Waals surface area contributed by atoms with Crippen molar-refractivity contribution in [2.24, 2.45) is 0 Å². The van der Waals surface area contributed by atoms with E-state index in [9.17, 15) is 18.9 Å². The van der Waals surface area contributed by atoms with Crippen LogP contribution < -0.4 is 0 Å². The minimum absolute atomic E-state index is 0.237. The SMILES string of the molecule is CCCc1ccc(-c2c(F)cc([N+](=O)[O-])cc2F)cc1. The van der Waals surface area contributed by atoms with Crippen molar-refractivity contribution in [1.29, 1.82) is 0 Å². The normalized spacial score (nSPS) is 10.6. The summed E-state index contributed by atoms with van der Waals surface area (Å²) in [6.45, 7) is 2.05. The molecule has 20 heavy (non-hydrogen) atoms. The molecule has 104 valence electrons. The largest absolute Gasteiger partial charge is 0.275 e. The number of benzene rings is 2. The zero-order valence-corrected chi connectivity index (χ0v) is 10.9. The minimum atomic E-state index is -0.931. The van der Waals surface area contributed by atoms with E-state index in [1.807, 2.05) is 6.92 Å². The maximum atomic E-state index is 13.9. The molecule has 0 saturated heterocycles. The van der Waals surface area contributed by atoms with Crippen LogP contribution in [0.25, 0.3) is 11.1 Å². The highest BCUT2D eigenvalue weighted by atomic mass is 19.1. The smallest absolute Gasteiger partial charge is 0.258 e. The Bertz CT molecular complexity index is 616. The molecule has 0 atom stereocenters. The Kier molecular flexibility index (Phi) is 4.08. The van der Waals surface area contributed by atoms with E-state index in [2.05, 4.69) is 0 Å². The van der Waals surface area contributed by atoms with E-state index < -0.39 is 22.2 Å². The predicted octanol–water partition coefficient (Wildman–Crippen LogP) is 4.49. The van der Waals surface area contributed by atoms with Crippen LogP contribution in [0.4, 0.5) is 14.5 Å². The van der Waals surface area contributed by atoms with E-state index in [4.69, 9.17) is 0 Å². The average Bonchev–Trinajstić information content (AvgIpc) is 2.40. The van der Waals surface area contributed by atoms with Crippen molar-refractivity contribution in [2.45, 2.75) is 19.8 Å². The van der Waals surface area contributed by atoms with Gasteiger partial charge in [-0.15, -0.1) is 0 Å². The number of aryl methyl sites for hydroxylation is 1. The lowest BCUT2D eigenvalue weighted by atomic mass is 10.0. The van der Waals surface area contributed by atoms with Crippen molar-refractivity contribution in [3.05, 3.63) is 63.7 Å². The Balaban J connectivity index is 2.44. The lowest BCUT2D eigenvalue weighted by Crippen LogP contribution is -1.95. The molecule has 2 rings (SSSR count). The Hall–Kier alpha value is -2.30. The number of hydrogen-bond acceptors (Lipinski definition) is 2. The van der Waals surface area contributed by atoms with Crippen LogP contribution in [0.15, 0.2) is 36.4 Å². The van der Waals surface area contributed by atoms with Gasteiger partial charge in [-0.2, -0.15) is 0 Å². The minimum Gasteiger partial charge on any atom is -0.258 e. The molecule has 3 nitrogen and oxygen atoms in total. The molecule has 0 aliphatic rings. The molecule has 0 fully saturated rings. The molecule has 0 heterocycles. The molecule has 0 aromatic heterocycles. The molecule has 0 spiro atoms. The van der Waals surface area contributed by atoms with E-state index in [-0.39, 0.29) is 5.56 Å². The quantitative estimate of drug-likeness (QED) is 0.610. The standard InChI is InChI=1S/C15H13F2NO2/c1-2-3-10-4-6-11(7-5-10)15-13(16)8-12(18(19)20)9-14(15)17/h4-9H,2-3H2,1H3. The number of non-ortho nitro benzene ring substituents is 1. The second kappa shape index (κ2) is 5.77. The van der Waals surface area contributed by atoms with Crippen molar-refractivity contribution in [1.82, 2.24) is 0 Å². The first-order valence-corrected chi connectivity index (χ1v) is 6.25. The van der Waals surface area contributed by atoms with E-state index in [0.717, 1.165) is 30.5 Å². The molecular weight excluding hydrogens is 264 g/mol. The van der Waals surface area contributed by atoms with Gasteiger partial charge in [0.2, 0.25) is 0 Å². The molecule has 0 amide bonds. The van der Waals surface area contributed by atoms with Gasteiger partial charge in [0.05, 0.1) is 22.6 Å². The second-order valence-electron chi connectivity index (χ2n) is 4.49. The Morgan fingerprint density at radius 3 is 2.10 bits per heavy atom. The molecule has 2 aromatic rings. The van der Waals surface area contributed by atoms with E-state index >= 15 is 0 Å². The molecule has 5 heteroatoms. The molecular formula is C15H13F2NO2. The summed E-state index contributed by atoms with van der Waals surface area (Å²) in [5.41, 5.74) is 0.624. The summed E-state index contributed by atoms with van der Waals surface area (Å²) in [6.07, 6.45) is 1.88. The van der Waals surface area contributed by atoms with Crippen LogP contribution in [0.1, 0.15) is 18.9 Å². The van der Waals surface area contributed by atoms with Gasteiger partial charge in [0, 0.05) is 0 Å². The fourth-order valence-electron chi connectivity index (χ4n) is 2.07. The van der Waals surface area contributed by atoms with E-state index in [1.165, 1.54) is 0 Å². The van der Waals surface area contributed by atoms with Crippen molar-refractivity contribution in [2.75, 3.05) is 0 Å². The van der Waals surface area contributed by atoms with Gasteiger partial charge in [-0.1, -0.05) is 37.6 Å². The Morgan fingerprint density at radius 1 is 1.10 bits per heavy atom. The van der Waals surface area contributed by atoms with Crippen LogP contribution in [0.3, 0.4) is 0 Å². The third-order valence-electron chi connectivity index (χ3n) is 3.02. The Labute approximate surface area is 115 Å². The summed E-state index contributed by atoms with van der Waals surface area (Å²) in [5, 5.41) is 10.5. The average molecular weight is 277 g/mol. The first-order valence-electron chi connectivity index (χ1n) is 6.25. The zero-order chi connectivity index (χ0) is 14.7. The van der Waals surface area contributed by atoms with Crippen molar-refractivity contribution in [3.8, 4) is 11.1 Å². The summed E-state index contributed by atoms with van der Waals surface area (Å²) in [7, 11) is 0. The van der Waals surface area contributed by atoms with E-state index in [0.29, 0.717) is 5.56 Å². The zero-order valence-electron chi connectivity index (χ0n) is 10.9. The maximum absolute atomic E-state index is 13.9. The van der Waals surface area contributed by atoms with Crippen molar-refractivity contribution >= 4 is 5.69 Å². The number of rotatable bonds is 4. The first kappa shape index (κ1) is 14.1. The number of nitro groups is 1. The Morgan fingerprint density at radius 2 is 1.65 bits per heavy atom. The lowest BCUT2D eigenvalue weighted by molar-refractivity contribution is -0.385. The van der Waals surface area contributed by atoms with Gasteiger partial charge in [0.15, 0.2) is 0 Å². The maximum Gasteiger partial charge on any atom is 0.275 e. The molecule has 0 aliphatic carbocycles. The summed E-state index contributed by atoms with van der Waals surface area (Å²) in [5.74, 6) is -1.86. The van der Waals surface area contributed by atoms with Gasteiger partial charge in [0.25, 0.3) is 5.69 Å². The van der Waals surface area contributed by atoms with Gasteiger partial charge in [-0.25, -0.2) is 8.78 Å². The van der Waals surface area contributed by atoms with Crippen LogP contribution in [0, 0.1) is 21.7 Å². The number of halogens is 2. The molecule has 0 unspecified atom stereocenters. The van der Waals surface area contributed by atoms with Gasteiger partial charge in [-0.05, 0) is 17.5 Å². The molecule has 2 aromatic carbocycles. The third kappa shape index (κ3) is 2.82. The third-order valence-corrected chi connectivity index (χ3v) is 3.02. The van der Waals surface area contributed by atoms with Crippen LogP contribution >= 0.6 is 0 Å². The number of nitrogens with zero attached hydrogens (tertiary/aromatic N) is 1. The first-order chi connectivity index (χ1) is 9.52. The highest BCUT2D eigenvalue weighted by Crippen LogP contribution is 2.29. The van der Waals surface area contributed by atoms with E-state index in [1.54, 1.807) is 24.3 Å². The summed E-state index contributed by atoms with van der Waals surface area (Å²) >= 11 is 0. The van der Waals surface area contributed by atoms with Gasteiger partial charge in [0.1, 0.15) is 11.6 Å². The van der Waals surface area contributed by atoms with Crippen LogP contribution in [-0.2, 0) is 6.42 Å². The van der Waals surface area contributed by atoms with Crippen LogP contribution in [0.2, 0.25) is 0 Å². The molecule has 0 saturated carbocycles. The molecule has 0 N–H and O–H groups in total. The summed E-state index contributed by atoms with van der Waals surface area (Å²) < 4.78 is 27.7. The van der Waals surface area contributed by atoms with Gasteiger partial charge < -0.3 is 0 Å². The topological polar surface area (TPSA) is 43.1 Å². The monoisotopic (exact) mass is 277 g/mol. The number of nitro benzene ring substituents is 1. The highest BCUT2D eigenvalue weighted by Gasteiger charge is 2.18. The molecule has 0 aliphatic heterocycles. The number of hydrogen-bond donors (Lipinski definition) is 0. The molecule has 0 radical (unpaired) electrons.